The lowest BCUT2D eigenvalue weighted by Gasteiger charge is -2.35. The Bertz CT molecular complexity index is 1360. The lowest BCUT2D eigenvalue weighted by atomic mass is 9.89. The minimum atomic E-state index is -2.91. The second kappa shape index (κ2) is 11.2. The van der Waals surface area contributed by atoms with Crippen LogP contribution in [0.5, 0.6) is 5.88 Å². The van der Waals surface area contributed by atoms with E-state index in [0.29, 0.717) is 41.6 Å². The monoisotopic (exact) mass is 543 g/mol. The normalized spacial score (nSPS) is 17.3. The molecule has 1 aromatic carbocycles. The van der Waals surface area contributed by atoms with Crippen LogP contribution in [0.25, 0.3) is 11.0 Å². The molecule has 2 aromatic heterocycles. The molecular weight excluding hydrogens is 511 g/mol. The summed E-state index contributed by atoms with van der Waals surface area (Å²) < 4.78 is 47.0. The van der Waals surface area contributed by atoms with Gasteiger partial charge < -0.3 is 25.6 Å². The summed E-state index contributed by atoms with van der Waals surface area (Å²) in [5.74, 6) is 0.487. The van der Waals surface area contributed by atoms with Crippen LogP contribution in [0, 0.1) is 12.7 Å². The van der Waals surface area contributed by atoms with Crippen molar-refractivity contribution in [1.82, 2.24) is 30.5 Å². The molecule has 3 aromatic rings. The maximum atomic E-state index is 14.8. The van der Waals surface area contributed by atoms with Gasteiger partial charge in [-0.15, -0.1) is 0 Å². The van der Waals surface area contributed by atoms with Crippen LogP contribution >= 0.6 is 0 Å². The molecule has 12 heteroatoms. The number of benzene rings is 1. The van der Waals surface area contributed by atoms with Crippen LogP contribution in [0.15, 0.2) is 24.3 Å². The number of rotatable bonds is 7. The molecule has 3 N–H and O–H groups in total. The molecule has 2 fully saturated rings. The number of carbonyl (C=O) groups excluding carboxylic acids is 1. The van der Waals surface area contributed by atoms with Crippen LogP contribution in [0.1, 0.15) is 60.7 Å². The van der Waals surface area contributed by atoms with Gasteiger partial charge in [0.2, 0.25) is 5.88 Å². The van der Waals surface area contributed by atoms with Crippen molar-refractivity contribution in [3.8, 4) is 5.88 Å². The lowest BCUT2D eigenvalue weighted by Crippen LogP contribution is -2.59. The van der Waals surface area contributed by atoms with E-state index in [-0.39, 0.29) is 23.6 Å². The Hall–Kier alpha value is -3.67. The third-order valence-corrected chi connectivity index (χ3v) is 7.43. The fraction of sp³-hybridized carbons (Fsp3) is 0.481. The molecule has 2 aliphatic heterocycles. The average Bonchev–Trinajstić information content (AvgIpc) is 2.89. The Morgan fingerprint density at radius 3 is 2.51 bits per heavy atom. The highest BCUT2D eigenvalue weighted by Crippen LogP contribution is 2.37. The van der Waals surface area contributed by atoms with Crippen molar-refractivity contribution < 1.29 is 22.7 Å². The number of ether oxygens (including phenoxy) is 1. The molecule has 0 bridgehead atoms. The SMILES string of the molecule is COc1nc2nc(C)nc(N[C@H](C)c3cccc(C(F)F)c3F)c2cc1C1CCN(C(=O)NC2CNC2)CC1. The number of urea groups is 1. The predicted octanol–water partition coefficient (Wildman–Crippen LogP) is 4.45. The fourth-order valence-corrected chi connectivity index (χ4v) is 5.13. The first-order valence-electron chi connectivity index (χ1n) is 13.1. The van der Waals surface area contributed by atoms with E-state index in [1.165, 1.54) is 12.1 Å². The van der Waals surface area contributed by atoms with Crippen molar-refractivity contribution in [3.05, 3.63) is 52.6 Å². The molecule has 0 spiro atoms. The Kier molecular flexibility index (Phi) is 7.74. The molecule has 2 saturated heterocycles. The van der Waals surface area contributed by atoms with Crippen LogP contribution in [-0.4, -0.2) is 65.2 Å². The highest BCUT2D eigenvalue weighted by Gasteiger charge is 2.29. The topological polar surface area (TPSA) is 104 Å². The molecule has 0 saturated carbocycles. The molecule has 0 unspecified atom stereocenters. The van der Waals surface area contributed by atoms with Gasteiger partial charge in [-0.25, -0.2) is 27.9 Å². The van der Waals surface area contributed by atoms with Gasteiger partial charge in [0.15, 0.2) is 5.65 Å². The summed E-state index contributed by atoms with van der Waals surface area (Å²) in [7, 11) is 1.56. The van der Waals surface area contributed by atoms with Gasteiger partial charge in [0.05, 0.1) is 30.1 Å². The zero-order valence-electron chi connectivity index (χ0n) is 22.1. The number of likely N-dealkylation sites (tertiary alicyclic amines) is 1. The number of fused-ring (bicyclic) bond motifs is 1. The number of hydrogen-bond acceptors (Lipinski definition) is 7. The van der Waals surface area contributed by atoms with Crippen molar-refractivity contribution in [2.45, 2.75) is 51.1 Å². The van der Waals surface area contributed by atoms with Crippen LogP contribution in [-0.2, 0) is 0 Å². The number of pyridine rings is 1. The molecular formula is C27H32F3N7O2. The largest absolute Gasteiger partial charge is 0.481 e. The van der Waals surface area contributed by atoms with Crippen molar-refractivity contribution in [2.75, 3.05) is 38.6 Å². The highest BCUT2D eigenvalue weighted by atomic mass is 19.3. The van der Waals surface area contributed by atoms with Crippen LogP contribution < -0.4 is 20.7 Å². The highest BCUT2D eigenvalue weighted by molar-refractivity contribution is 5.88. The molecule has 208 valence electrons. The summed E-state index contributed by atoms with van der Waals surface area (Å²) in [6.45, 7) is 6.20. The van der Waals surface area contributed by atoms with Crippen molar-refractivity contribution >= 4 is 22.9 Å². The summed E-state index contributed by atoms with van der Waals surface area (Å²) in [4.78, 5) is 28.1. The molecule has 0 aliphatic carbocycles. The van der Waals surface area contributed by atoms with E-state index in [0.717, 1.165) is 37.6 Å². The first kappa shape index (κ1) is 26.9. The number of alkyl halides is 2. The Labute approximate surface area is 224 Å². The summed E-state index contributed by atoms with van der Waals surface area (Å²) >= 11 is 0. The van der Waals surface area contributed by atoms with Crippen molar-refractivity contribution in [2.24, 2.45) is 0 Å². The molecule has 1 atom stereocenters. The summed E-state index contributed by atoms with van der Waals surface area (Å²) in [5.41, 5.74) is 0.762. The molecule has 2 amide bonds. The van der Waals surface area contributed by atoms with E-state index in [9.17, 15) is 18.0 Å². The molecule has 2 aliphatic rings. The first-order chi connectivity index (χ1) is 18.7. The maximum Gasteiger partial charge on any atom is 0.317 e. The zero-order chi connectivity index (χ0) is 27.7. The van der Waals surface area contributed by atoms with E-state index in [4.69, 9.17) is 4.74 Å². The van der Waals surface area contributed by atoms with Gasteiger partial charge >= 0.3 is 6.03 Å². The van der Waals surface area contributed by atoms with Crippen molar-refractivity contribution in [3.63, 3.8) is 0 Å². The first-order valence-corrected chi connectivity index (χ1v) is 13.1. The minimum Gasteiger partial charge on any atom is -0.481 e. The molecule has 4 heterocycles. The number of piperidine rings is 1. The molecule has 5 rings (SSSR count). The second-order valence-corrected chi connectivity index (χ2v) is 10.1. The second-order valence-electron chi connectivity index (χ2n) is 10.1. The van der Waals surface area contributed by atoms with Gasteiger partial charge in [-0.1, -0.05) is 18.2 Å². The number of hydrogen-bond donors (Lipinski definition) is 3. The minimum absolute atomic E-state index is 0.0453. The van der Waals surface area contributed by atoms with E-state index >= 15 is 0 Å². The number of methoxy groups -OCH3 is 1. The van der Waals surface area contributed by atoms with Crippen LogP contribution in [0.2, 0.25) is 0 Å². The number of aromatic nitrogens is 3. The molecule has 0 radical (unpaired) electrons. The van der Waals surface area contributed by atoms with E-state index in [1.54, 1.807) is 21.0 Å². The average molecular weight is 544 g/mol. The smallest absolute Gasteiger partial charge is 0.317 e. The van der Waals surface area contributed by atoms with Gasteiger partial charge in [-0.05, 0) is 38.7 Å². The van der Waals surface area contributed by atoms with Crippen molar-refractivity contribution in [1.29, 1.82) is 0 Å². The number of carbonyl (C=O) groups is 1. The van der Waals surface area contributed by atoms with E-state index in [2.05, 4.69) is 30.9 Å². The number of halogens is 3. The van der Waals surface area contributed by atoms with Crippen LogP contribution in [0.3, 0.4) is 0 Å². The van der Waals surface area contributed by atoms with Gasteiger partial charge in [0.1, 0.15) is 17.5 Å². The quantitative estimate of drug-likeness (QED) is 0.405. The van der Waals surface area contributed by atoms with Crippen LogP contribution in [0.4, 0.5) is 23.8 Å². The summed E-state index contributed by atoms with van der Waals surface area (Å²) in [5, 5.41) is 9.99. The van der Waals surface area contributed by atoms with Gasteiger partial charge in [0, 0.05) is 37.3 Å². The molecule has 39 heavy (non-hydrogen) atoms. The zero-order valence-corrected chi connectivity index (χ0v) is 22.1. The van der Waals surface area contributed by atoms with Gasteiger partial charge in [-0.3, -0.25) is 0 Å². The number of amides is 2. The number of nitrogens with zero attached hydrogens (tertiary/aromatic N) is 4. The Morgan fingerprint density at radius 1 is 1.15 bits per heavy atom. The van der Waals surface area contributed by atoms with E-state index < -0.39 is 23.8 Å². The Balaban J connectivity index is 1.41. The number of nitrogens with one attached hydrogen (secondary N) is 3. The maximum absolute atomic E-state index is 14.8. The molecule has 9 nitrogen and oxygen atoms in total. The van der Waals surface area contributed by atoms with E-state index in [1.807, 2.05) is 11.0 Å². The summed E-state index contributed by atoms with van der Waals surface area (Å²) in [6.07, 6.45) is -1.44. The fourth-order valence-electron chi connectivity index (χ4n) is 5.13. The predicted molar refractivity (Wildman–Crippen MR) is 141 cm³/mol. The third-order valence-electron chi connectivity index (χ3n) is 7.43. The van der Waals surface area contributed by atoms with Gasteiger partial charge in [0.25, 0.3) is 6.43 Å². The number of aryl methyl sites for hydroxylation is 1. The third kappa shape index (κ3) is 5.56. The summed E-state index contributed by atoms with van der Waals surface area (Å²) in [6, 6.07) is 5.40. The number of anilines is 1. The van der Waals surface area contributed by atoms with Gasteiger partial charge in [-0.2, -0.15) is 4.98 Å². The lowest BCUT2D eigenvalue weighted by molar-refractivity contribution is 0.146. The standard InChI is InChI=1S/C27H32F3N7O2/c1-14(18-5-4-6-19(22(18)28)23(29)30)32-24-21-11-20(26(39-3)36-25(21)34-15(2)33-24)16-7-9-37(10-8-16)27(38)35-17-12-31-13-17/h4-6,11,14,16-17,23,31H,7-10,12-13H2,1-3H3,(H,35,38)(H,32,33,34,36)/t14-/m1/s1. The Morgan fingerprint density at radius 2 is 1.87 bits per heavy atom.